The molecule has 0 radical (unpaired) electrons. The van der Waals surface area contributed by atoms with E-state index >= 15 is 0 Å². The van der Waals surface area contributed by atoms with Crippen molar-refractivity contribution in [3.8, 4) is 0 Å². The summed E-state index contributed by atoms with van der Waals surface area (Å²) in [6.07, 6.45) is 2.59. The van der Waals surface area contributed by atoms with E-state index in [2.05, 4.69) is 36.9 Å². The predicted octanol–water partition coefficient (Wildman–Crippen LogP) is 2.56. The molecule has 15 heavy (non-hydrogen) atoms. The minimum Gasteiger partial charge on any atom is -0.374 e. The highest BCUT2D eigenvalue weighted by Gasteiger charge is 2.29. The van der Waals surface area contributed by atoms with Gasteiger partial charge in [0.1, 0.15) is 6.23 Å². The maximum absolute atomic E-state index is 10.1. The van der Waals surface area contributed by atoms with Crippen molar-refractivity contribution in [3.63, 3.8) is 0 Å². The first kappa shape index (κ1) is 10.5. The Balaban J connectivity index is 2.25. The van der Waals surface area contributed by atoms with Gasteiger partial charge in [0.15, 0.2) is 0 Å². The summed E-state index contributed by atoms with van der Waals surface area (Å²) in [6.45, 7) is 4.29. The van der Waals surface area contributed by atoms with Crippen molar-refractivity contribution in [2.24, 2.45) is 0 Å². The summed E-state index contributed by atoms with van der Waals surface area (Å²) in [6, 6.07) is 8.80. The Kier molecular flexibility index (Phi) is 2.96. The summed E-state index contributed by atoms with van der Waals surface area (Å²) >= 11 is 0. The molecule has 2 atom stereocenters. The standard InChI is InChI=1S/C13H19NO/c1-3-6-13(15)14-10(2)9-11-7-4-5-8-12(11)14/h4-5,7-8,10,13,15H,3,6,9H2,1-2H3. The largest absolute Gasteiger partial charge is 0.374 e. The van der Waals surface area contributed by atoms with Crippen LogP contribution >= 0.6 is 0 Å². The molecule has 0 amide bonds. The maximum Gasteiger partial charge on any atom is 0.127 e. The zero-order chi connectivity index (χ0) is 10.8. The number of anilines is 1. The van der Waals surface area contributed by atoms with Crippen LogP contribution in [0.25, 0.3) is 0 Å². The minimum absolute atomic E-state index is 0.325. The first-order valence-electron chi connectivity index (χ1n) is 5.78. The zero-order valence-corrected chi connectivity index (χ0v) is 9.48. The number of para-hydroxylation sites is 1. The molecule has 2 heteroatoms. The van der Waals surface area contributed by atoms with Crippen molar-refractivity contribution < 1.29 is 5.11 Å². The molecule has 1 N–H and O–H groups in total. The van der Waals surface area contributed by atoms with Crippen molar-refractivity contribution >= 4 is 5.69 Å². The Morgan fingerprint density at radius 3 is 2.93 bits per heavy atom. The van der Waals surface area contributed by atoms with Gasteiger partial charge in [0.05, 0.1) is 0 Å². The number of nitrogens with zero attached hydrogens (tertiary/aromatic N) is 1. The normalized spacial score (nSPS) is 21.5. The van der Waals surface area contributed by atoms with Crippen molar-refractivity contribution in [2.75, 3.05) is 4.90 Å². The SMILES string of the molecule is CCCC(O)N1c2ccccc2CC1C. The third-order valence-corrected chi connectivity index (χ3v) is 3.13. The number of fused-ring (bicyclic) bond motifs is 1. The highest BCUT2D eigenvalue weighted by atomic mass is 16.3. The molecule has 2 unspecified atom stereocenters. The Morgan fingerprint density at radius 2 is 2.20 bits per heavy atom. The lowest BCUT2D eigenvalue weighted by Gasteiger charge is -2.30. The van der Waals surface area contributed by atoms with Crippen molar-refractivity contribution in [3.05, 3.63) is 29.8 Å². The average molecular weight is 205 g/mol. The highest BCUT2D eigenvalue weighted by Crippen LogP contribution is 2.33. The van der Waals surface area contributed by atoms with Gasteiger partial charge in [-0.25, -0.2) is 0 Å². The predicted molar refractivity (Wildman–Crippen MR) is 63.0 cm³/mol. The molecule has 0 saturated carbocycles. The molecule has 0 bridgehead atoms. The lowest BCUT2D eigenvalue weighted by molar-refractivity contribution is 0.151. The van der Waals surface area contributed by atoms with Gasteiger partial charge in [-0.3, -0.25) is 0 Å². The fraction of sp³-hybridized carbons (Fsp3) is 0.538. The lowest BCUT2D eigenvalue weighted by Crippen LogP contribution is -2.39. The summed E-state index contributed by atoms with van der Waals surface area (Å²) in [5.41, 5.74) is 2.58. The summed E-state index contributed by atoms with van der Waals surface area (Å²) in [4.78, 5) is 2.15. The number of benzene rings is 1. The Labute approximate surface area is 91.5 Å². The average Bonchev–Trinajstić information content (AvgIpc) is 2.54. The van der Waals surface area contributed by atoms with Crippen LogP contribution in [0.5, 0.6) is 0 Å². The van der Waals surface area contributed by atoms with Crippen LogP contribution in [0, 0.1) is 0 Å². The molecule has 0 fully saturated rings. The number of aliphatic hydroxyl groups is 1. The second-order valence-corrected chi connectivity index (χ2v) is 4.36. The molecule has 1 aromatic carbocycles. The summed E-state index contributed by atoms with van der Waals surface area (Å²) in [5.74, 6) is 0. The number of rotatable bonds is 3. The fourth-order valence-corrected chi connectivity index (χ4v) is 2.44. The minimum atomic E-state index is -0.325. The van der Waals surface area contributed by atoms with E-state index in [4.69, 9.17) is 0 Å². The van der Waals surface area contributed by atoms with Gasteiger partial charge in [0, 0.05) is 11.7 Å². The fourth-order valence-electron chi connectivity index (χ4n) is 2.44. The molecule has 82 valence electrons. The molecule has 0 aromatic heterocycles. The molecule has 1 aromatic rings. The summed E-state index contributed by atoms with van der Waals surface area (Å²) in [7, 11) is 0. The summed E-state index contributed by atoms with van der Waals surface area (Å²) in [5, 5.41) is 10.1. The van der Waals surface area contributed by atoms with E-state index in [1.807, 2.05) is 6.07 Å². The monoisotopic (exact) mass is 205 g/mol. The molecule has 0 spiro atoms. The van der Waals surface area contributed by atoms with Gasteiger partial charge >= 0.3 is 0 Å². The van der Waals surface area contributed by atoms with Crippen LogP contribution < -0.4 is 4.90 Å². The number of hydrogen-bond donors (Lipinski definition) is 1. The molecule has 2 rings (SSSR count). The second-order valence-electron chi connectivity index (χ2n) is 4.36. The molecule has 0 saturated heterocycles. The smallest absolute Gasteiger partial charge is 0.127 e. The maximum atomic E-state index is 10.1. The van der Waals surface area contributed by atoms with E-state index < -0.39 is 0 Å². The molecule has 1 heterocycles. The lowest BCUT2D eigenvalue weighted by atomic mass is 10.1. The van der Waals surface area contributed by atoms with Gasteiger partial charge in [-0.15, -0.1) is 0 Å². The van der Waals surface area contributed by atoms with E-state index in [9.17, 15) is 5.11 Å². The zero-order valence-electron chi connectivity index (χ0n) is 9.48. The van der Waals surface area contributed by atoms with Gasteiger partial charge in [-0.05, 0) is 31.4 Å². The van der Waals surface area contributed by atoms with Gasteiger partial charge in [0.2, 0.25) is 0 Å². The van der Waals surface area contributed by atoms with Gasteiger partial charge in [-0.1, -0.05) is 31.5 Å². The van der Waals surface area contributed by atoms with Crippen LogP contribution in [0.1, 0.15) is 32.3 Å². The van der Waals surface area contributed by atoms with E-state index in [1.54, 1.807) is 0 Å². The number of hydrogen-bond acceptors (Lipinski definition) is 2. The quantitative estimate of drug-likeness (QED) is 0.819. The Hall–Kier alpha value is -1.02. The first-order valence-corrected chi connectivity index (χ1v) is 5.78. The first-order chi connectivity index (χ1) is 7.24. The van der Waals surface area contributed by atoms with Crippen LogP contribution in [0.3, 0.4) is 0 Å². The molecule has 0 aliphatic carbocycles. The molecule has 1 aliphatic rings. The van der Waals surface area contributed by atoms with Gasteiger partial charge in [-0.2, -0.15) is 0 Å². The molecule has 1 aliphatic heterocycles. The number of aliphatic hydroxyl groups excluding tert-OH is 1. The van der Waals surface area contributed by atoms with Crippen molar-refractivity contribution in [1.82, 2.24) is 0 Å². The molecular formula is C13H19NO. The highest BCUT2D eigenvalue weighted by molar-refractivity contribution is 5.59. The van der Waals surface area contributed by atoms with Gasteiger partial charge in [0.25, 0.3) is 0 Å². The Bertz CT molecular complexity index is 337. The van der Waals surface area contributed by atoms with Crippen molar-refractivity contribution in [1.29, 1.82) is 0 Å². The van der Waals surface area contributed by atoms with Crippen LogP contribution in [0.15, 0.2) is 24.3 Å². The third-order valence-electron chi connectivity index (χ3n) is 3.13. The third kappa shape index (κ3) is 1.86. The summed E-state index contributed by atoms with van der Waals surface area (Å²) < 4.78 is 0. The topological polar surface area (TPSA) is 23.5 Å². The van der Waals surface area contributed by atoms with Crippen molar-refractivity contribution in [2.45, 2.75) is 45.4 Å². The molecule has 2 nitrogen and oxygen atoms in total. The van der Waals surface area contributed by atoms with Gasteiger partial charge < -0.3 is 10.0 Å². The van der Waals surface area contributed by atoms with E-state index in [-0.39, 0.29) is 6.23 Å². The molecular weight excluding hydrogens is 186 g/mol. The van der Waals surface area contributed by atoms with E-state index in [0.29, 0.717) is 6.04 Å². The van der Waals surface area contributed by atoms with E-state index in [0.717, 1.165) is 19.3 Å². The van der Waals surface area contributed by atoms with Crippen LogP contribution in [0.2, 0.25) is 0 Å². The van der Waals surface area contributed by atoms with Crippen LogP contribution in [-0.2, 0) is 6.42 Å². The van der Waals surface area contributed by atoms with Crippen LogP contribution in [0.4, 0.5) is 5.69 Å². The van der Waals surface area contributed by atoms with E-state index in [1.165, 1.54) is 11.3 Å². The Morgan fingerprint density at radius 1 is 1.47 bits per heavy atom. The van der Waals surface area contributed by atoms with Crippen LogP contribution in [-0.4, -0.2) is 17.4 Å². The second kappa shape index (κ2) is 4.23.